The van der Waals surface area contributed by atoms with Crippen LogP contribution in [-0.4, -0.2) is 25.2 Å². The van der Waals surface area contributed by atoms with Gasteiger partial charge in [0, 0.05) is 31.4 Å². The van der Waals surface area contributed by atoms with Gasteiger partial charge in [0.05, 0.1) is 0 Å². The van der Waals surface area contributed by atoms with Gasteiger partial charge < -0.3 is 4.90 Å². The summed E-state index contributed by atoms with van der Waals surface area (Å²) in [6, 6.07) is 6.17. The maximum atomic E-state index is 12.0. The van der Waals surface area contributed by atoms with Gasteiger partial charge in [0.1, 0.15) is 0 Å². The Labute approximate surface area is 101 Å². The van der Waals surface area contributed by atoms with Crippen LogP contribution in [0.3, 0.4) is 0 Å². The van der Waals surface area contributed by atoms with Gasteiger partial charge in [-0.1, -0.05) is 12.1 Å². The number of amides is 1. The minimum absolute atomic E-state index is 0.271. The number of aliphatic imine (C=N–C) groups is 1. The molecule has 17 heavy (non-hydrogen) atoms. The van der Waals surface area contributed by atoms with Crippen molar-refractivity contribution in [2.75, 3.05) is 18.0 Å². The summed E-state index contributed by atoms with van der Waals surface area (Å²) >= 11 is 0. The van der Waals surface area contributed by atoms with E-state index in [0.717, 1.165) is 38.0 Å². The predicted molar refractivity (Wildman–Crippen MR) is 68.8 cm³/mol. The number of anilines is 1. The summed E-state index contributed by atoms with van der Waals surface area (Å²) in [6.07, 6.45) is 5.72. The van der Waals surface area contributed by atoms with E-state index in [0.29, 0.717) is 6.42 Å². The van der Waals surface area contributed by atoms with Crippen LogP contribution in [0.2, 0.25) is 0 Å². The molecule has 3 heteroatoms. The van der Waals surface area contributed by atoms with Crippen LogP contribution in [0.15, 0.2) is 23.2 Å². The third-order valence-corrected chi connectivity index (χ3v) is 3.52. The van der Waals surface area contributed by atoms with Gasteiger partial charge in [-0.05, 0) is 36.5 Å². The second kappa shape index (κ2) is 4.32. The number of hydrogen-bond acceptors (Lipinski definition) is 2. The zero-order valence-corrected chi connectivity index (χ0v) is 9.85. The Morgan fingerprint density at radius 2 is 2.12 bits per heavy atom. The molecule has 0 radical (unpaired) electrons. The lowest BCUT2D eigenvalue weighted by molar-refractivity contribution is -0.119. The highest BCUT2D eigenvalue weighted by atomic mass is 16.2. The monoisotopic (exact) mass is 228 g/mol. The molecule has 0 unspecified atom stereocenters. The van der Waals surface area contributed by atoms with Crippen molar-refractivity contribution in [1.29, 1.82) is 0 Å². The number of rotatable bonds is 1. The maximum absolute atomic E-state index is 12.0. The Kier molecular flexibility index (Phi) is 2.67. The molecule has 88 valence electrons. The number of fused-ring (bicyclic) bond motifs is 1. The fourth-order valence-electron chi connectivity index (χ4n) is 2.64. The van der Waals surface area contributed by atoms with Crippen molar-refractivity contribution in [2.24, 2.45) is 4.99 Å². The number of hydrogen-bond donors (Lipinski definition) is 0. The van der Waals surface area contributed by atoms with E-state index in [1.807, 2.05) is 17.2 Å². The average Bonchev–Trinajstić information content (AvgIpc) is 2.39. The van der Waals surface area contributed by atoms with Gasteiger partial charge >= 0.3 is 0 Å². The Morgan fingerprint density at radius 1 is 1.18 bits per heavy atom. The molecule has 1 amide bonds. The van der Waals surface area contributed by atoms with Crippen LogP contribution in [0.4, 0.5) is 5.69 Å². The summed E-state index contributed by atoms with van der Waals surface area (Å²) in [5.41, 5.74) is 3.57. The van der Waals surface area contributed by atoms with E-state index in [9.17, 15) is 4.79 Å². The molecule has 2 aliphatic rings. The molecule has 0 aliphatic carbocycles. The Morgan fingerprint density at radius 3 is 3.00 bits per heavy atom. The molecular weight excluding hydrogens is 212 g/mol. The van der Waals surface area contributed by atoms with E-state index < -0.39 is 0 Å². The minimum Gasteiger partial charge on any atom is -0.312 e. The summed E-state index contributed by atoms with van der Waals surface area (Å²) in [5.74, 6) is 0.271. The first kappa shape index (κ1) is 10.5. The van der Waals surface area contributed by atoms with E-state index in [1.165, 1.54) is 11.1 Å². The van der Waals surface area contributed by atoms with Crippen molar-refractivity contribution < 1.29 is 4.79 Å². The van der Waals surface area contributed by atoms with Crippen molar-refractivity contribution in [3.05, 3.63) is 29.3 Å². The molecule has 2 aliphatic heterocycles. The van der Waals surface area contributed by atoms with Crippen LogP contribution in [0.1, 0.15) is 30.4 Å². The highest BCUT2D eigenvalue weighted by Gasteiger charge is 2.23. The Balaban J connectivity index is 2.02. The molecule has 1 fully saturated rings. The van der Waals surface area contributed by atoms with E-state index >= 15 is 0 Å². The lowest BCUT2D eigenvalue weighted by atomic mass is 9.98. The SMILES string of the molecule is O=C1CCCCN1c1cccc2c1CCN=C2. The van der Waals surface area contributed by atoms with E-state index in [2.05, 4.69) is 17.1 Å². The highest BCUT2D eigenvalue weighted by Crippen LogP contribution is 2.28. The zero-order chi connectivity index (χ0) is 11.7. The van der Waals surface area contributed by atoms with Gasteiger partial charge in [0.15, 0.2) is 0 Å². The van der Waals surface area contributed by atoms with Gasteiger partial charge in [-0.15, -0.1) is 0 Å². The largest absolute Gasteiger partial charge is 0.312 e. The molecule has 3 nitrogen and oxygen atoms in total. The second-order valence-corrected chi connectivity index (χ2v) is 4.63. The summed E-state index contributed by atoms with van der Waals surface area (Å²) < 4.78 is 0. The van der Waals surface area contributed by atoms with Crippen LogP contribution in [0.5, 0.6) is 0 Å². The van der Waals surface area contributed by atoms with Crippen LogP contribution in [0, 0.1) is 0 Å². The fourth-order valence-corrected chi connectivity index (χ4v) is 2.64. The van der Waals surface area contributed by atoms with E-state index in [-0.39, 0.29) is 5.91 Å². The molecule has 2 heterocycles. The van der Waals surface area contributed by atoms with Crippen LogP contribution < -0.4 is 4.90 Å². The molecule has 0 atom stereocenters. The van der Waals surface area contributed by atoms with E-state index in [4.69, 9.17) is 0 Å². The predicted octanol–water partition coefficient (Wildman–Crippen LogP) is 2.18. The third-order valence-electron chi connectivity index (χ3n) is 3.52. The first-order chi connectivity index (χ1) is 8.36. The molecule has 0 saturated carbocycles. The minimum atomic E-state index is 0.271. The Hall–Kier alpha value is -1.64. The smallest absolute Gasteiger partial charge is 0.226 e. The molecule has 0 bridgehead atoms. The van der Waals surface area contributed by atoms with Gasteiger partial charge in [0.25, 0.3) is 0 Å². The van der Waals surface area contributed by atoms with Crippen LogP contribution in [0.25, 0.3) is 0 Å². The van der Waals surface area contributed by atoms with Crippen molar-refractivity contribution in [2.45, 2.75) is 25.7 Å². The van der Waals surface area contributed by atoms with Gasteiger partial charge in [-0.2, -0.15) is 0 Å². The normalized spacial score (nSPS) is 19.3. The summed E-state index contributed by atoms with van der Waals surface area (Å²) in [7, 11) is 0. The molecule has 0 spiro atoms. The Bertz CT molecular complexity index is 479. The summed E-state index contributed by atoms with van der Waals surface area (Å²) in [6.45, 7) is 1.71. The van der Waals surface area contributed by atoms with Crippen molar-refractivity contribution >= 4 is 17.8 Å². The lowest BCUT2D eigenvalue weighted by Gasteiger charge is -2.29. The highest BCUT2D eigenvalue weighted by molar-refractivity contribution is 5.97. The maximum Gasteiger partial charge on any atom is 0.226 e. The van der Waals surface area contributed by atoms with Gasteiger partial charge in [-0.25, -0.2) is 0 Å². The van der Waals surface area contributed by atoms with E-state index in [1.54, 1.807) is 0 Å². The summed E-state index contributed by atoms with van der Waals surface area (Å²) in [5, 5.41) is 0. The summed E-state index contributed by atoms with van der Waals surface area (Å²) in [4.78, 5) is 18.2. The third kappa shape index (κ3) is 1.86. The van der Waals surface area contributed by atoms with Crippen molar-refractivity contribution in [3.63, 3.8) is 0 Å². The van der Waals surface area contributed by atoms with Crippen LogP contribution in [-0.2, 0) is 11.2 Å². The van der Waals surface area contributed by atoms with Crippen molar-refractivity contribution in [3.8, 4) is 0 Å². The second-order valence-electron chi connectivity index (χ2n) is 4.63. The molecular formula is C14H16N2O. The van der Waals surface area contributed by atoms with Crippen LogP contribution >= 0.6 is 0 Å². The molecule has 1 saturated heterocycles. The zero-order valence-electron chi connectivity index (χ0n) is 9.85. The molecule has 1 aromatic rings. The van der Waals surface area contributed by atoms with Gasteiger partial charge in [-0.3, -0.25) is 9.79 Å². The number of carbonyl (C=O) groups excluding carboxylic acids is 1. The number of piperidine rings is 1. The number of carbonyl (C=O) groups is 1. The molecule has 3 rings (SSSR count). The molecule has 0 aromatic heterocycles. The topological polar surface area (TPSA) is 32.7 Å². The number of benzene rings is 1. The fraction of sp³-hybridized carbons (Fsp3) is 0.429. The van der Waals surface area contributed by atoms with Crippen molar-refractivity contribution in [1.82, 2.24) is 0 Å². The van der Waals surface area contributed by atoms with Gasteiger partial charge in [0.2, 0.25) is 5.91 Å². The standard InChI is InChI=1S/C14H16N2O/c17-14-6-1-2-9-16(14)13-5-3-4-11-10-15-8-7-12(11)13/h3-5,10H,1-2,6-9H2. The molecule has 0 N–H and O–H groups in total. The average molecular weight is 228 g/mol. The lowest BCUT2D eigenvalue weighted by Crippen LogP contribution is -2.36. The first-order valence-corrected chi connectivity index (χ1v) is 6.28. The molecule has 1 aromatic carbocycles. The quantitative estimate of drug-likeness (QED) is 0.725. The first-order valence-electron chi connectivity index (χ1n) is 6.28. The number of nitrogens with zero attached hydrogens (tertiary/aromatic N) is 2.